The highest BCUT2D eigenvalue weighted by molar-refractivity contribution is 5.79. The molecule has 2 nitrogen and oxygen atoms in total. The van der Waals surface area contributed by atoms with Crippen LogP contribution in [0.4, 0.5) is 8.78 Å². The molecule has 0 aliphatic carbocycles. The normalized spacial score (nSPS) is 15.3. The lowest BCUT2D eigenvalue weighted by atomic mass is 9.92. The van der Waals surface area contributed by atoms with Gasteiger partial charge in [0.25, 0.3) is 6.43 Å². The molecule has 84 valence electrons. The number of benzene rings is 1. The number of rotatable bonds is 2. The van der Waals surface area contributed by atoms with Crippen molar-refractivity contribution in [3.8, 4) is 0 Å². The third-order valence-electron chi connectivity index (χ3n) is 2.68. The minimum Gasteiger partial charge on any atom is -0.317 e. The summed E-state index contributed by atoms with van der Waals surface area (Å²) in [6.45, 7) is 1.33. The summed E-state index contributed by atoms with van der Waals surface area (Å²) in [5.41, 5.74) is 5.17. The molecule has 16 heavy (non-hydrogen) atoms. The predicted molar refractivity (Wildman–Crippen MR) is 59.3 cm³/mol. The molecular formula is C12H12F2N2. The van der Waals surface area contributed by atoms with Gasteiger partial charge in [0.15, 0.2) is 0 Å². The van der Waals surface area contributed by atoms with Gasteiger partial charge in [-0.1, -0.05) is 12.1 Å². The van der Waals surface area contributed by atoms with E-state index in [0.717, 1.165) is 10.9 Å². The maximum absolute atomic E-state index is 12.8. The van der Waals surface area contributed by atoms with Gasteiger partial charge in [0.2, 0.25) is 0 Å². The highest BCUT2D eigenvalue weighted by atomic mass is 19.3. The fourth-order valence-electron chi connectivity index (χ4n) is 1.54. The SMILES string of the molecule is CC(N)(c1ccc2ncccc2c1)C(F)F. The number of nitrogens with two attached hydrogens (primary N) is 1. The Morgan fingerprint density at radius 2 is 2.06 bits per heavy atom. The molecule has 1 heterocycles. The average molecular weight is 222 g/mol. The second kappa shape index (κ2) is 3.79. The van der Waals surface area contributed by atoms with Gasteiger partial charge in [0.1, 0.15) is 0 Å². The zero-order valence-corrected chi connectivity index (χ0v) is 8.82. The molecule has 0 saturated heterocycles. The van der Waals surface area contributed by atoms with Gasteiger partial charge >= 0.3 is 0 Å². The van der Waals surface area contributed by atoms with Gasteiger partial charge < -0.3 is 5.73 Å². The number of alkyl halides is 2. The number of aromatic nitrogens is 1. The first-order valence-electron chi connectivity index (χ1n) is 4.94. The van der Waals surface area contributed by atoms with E-state index in [0.29, 0.717) is 5.56 Å². The van der Waals surface area contributed by atoms with E-state index in [1.165, 1.54) is 6.92 Å². The summed E-state index contributed by atoms with van der Waals surface area (Å²) in [7, 11) is 0. The van der Waals surface area contributed by atoms with Crippen LogP contribution in [0.25, 0.3) is 10.9 Å². The standard InChI is InChI=1S/C12H12F2N2/c1-12(15,11(13)14)9-4-5-10-8(7-9)3-2-6-16-10/h2-7,11H,15H2,1H3. The van der Waals surface area contributed by atoms with Crippen LogP contribution in [0.3, 0.4) is 0 Å². The first-order chi connectivity index (χ1) is 7.51. The van der Waals surface area contributed by atoms with Gasteiger partial charge in [-0.3, -0.25) is 4.98 Å². The molecular weight excluding hydrogens is 210 g/mol. The van der Waals surface area contributed by atoms with Crippen molar-refractivity contribution in [2.24, 2.45) is 5.73 Å². The highest BCUT2D eigenvalue weighted by Gasteiger charge is 2.32. The Kier molecular flexibility index (Phi) is 2.59. The molecule has 0 fully saturated rings. The molecule has 1 aromatic carbocycles. The topological polar surface area (TPSA) is 38.9 Å². The van der Waals surface area contributed by atoms with E-state index in [1.54, 1.807) is 30.5 Å². The molecule has 1 unspecified atom stereocenters. The first-order valence-corrected chi connectivity index (χ1v) is 4.94. The Hall–Kier alpha value is -1.55. The largest absolute Gasteiger partial charge is 0.317 e. The third-order valence-corrected chi connectivity index (χ3v) is 2.68. The molecule has 0 spiro atoms. The molecule has 0 aliphatic rings. The monoisotopic (exact) mass is 222 g/mol. The van der Waals surface area contributed by atoms with Gasteiger partial charge in [-0.25, -0.2) is 8.78 Å². The minimum absolute atomic E-state index is 0.419. The van der Waals surface area contributed by atoms with Crippen LogP contribution in [-0.2, 0) is 5.54 Å². The van der Waals surface area contributed by atoms with Gasteiger partial charge in [0.05, 0.1) is 11.1 Å². The first kappa shape index (κ1) is 11.0. The molecule has 4 heteroatoms. The van der Waals surface area contributed by atoms with Gasteiger partial charge in [-0.15, -0.1) is 0 Å². The lowest BCUT2D eigenvalue weighted by Gasteiger charge is -2.24. The van der Waals surface area contributed by atoms with E-state index in [-0.39, 0.29) is 0 Å². The fraction of sp³-hybridized carbons (Fsp3) is 0.250. The maximum atomic E-state index is 12.8. The van der Waals surface area contributed by atoms with Crippen LogP contribution in [0.15, 0.2) is 36.5 Å². The van der Waals surface area contributed by atoms with E-state index in [2.05, 4.69) is 4.98 Å². The molecule has 2 aromatic rings. The van der Waals surface area contributed by atoms with Crippen LogP contribution in [0.2, 0.25) is 0 Å². The van der Waals surface area contributed by atoms with Crippen LogP contribution < -0.4 is 5.73 Å². The number of halogens is 2. The number of fused-ring (bicyclic) bond motifs is 1. The van der Waals surface area contributed by atoms with Crippen molar-refractivity contribution >= 4 is 10.9 Å². The van der Waals surface area contributed by atoms with Gasteiger partial charge in [-0.2, -0.15) is 0 Å². The van der Waals surface area contributed by atoms with Gasteiger partial charge in [0, 0.05) is 11.6 Å². The lowest BCUT2D eigenvalue weighted by molar-refractivity contribution is 0.0626. The number of hydrogen-bond acceptors (Lipinski definition) is 2. The van der Waals surface area contributed by atoms with E-state index < -0.39 is 12.0 Å². The summed E-state index contributed by atoms with van der Waals surface area (Å²) < 4.78 is 25.5. The zero-order valence-electron chi connectivity index (χ0n) is 8.82. The van der Waals surface area contributed by atoms with E-state index in [1.807, 2.05) is 6.07 Å². The van der Waals surface area contributed by atoms with Crippen molar-refractivity contribution in [3.63, 3.8) is 0 Å². The predicted octanol–water partition coefficient (Wildman–Crippen LogP) is 2.67. The van der Waals surface area contributed by atoms with Crippen molar-refractivity contribution in [3.05, 3.63) is 42.1 Å². The summed E-state index contributed by atoms with van der Waals surface area (Å²) in [5.74, 6) is 0. The summed E-state index contributed by atoms with van der Waals surface area (Å²) in [6.07, 6.45) is -0.932. The second-order valence-corrected chi connectivity index (χ2v) is 3.99. The molecule has 0 amide bonds. The van der Waals surface area contributed by atoms with Crippen molar-refractivity contribution < 1.29 is 8.78 Å². The van der Waals surface area contributed by atoms with Crippen LogP contribution in [0.1, 0.15) is 12.5 Å². The van der Waals surface area contributed by atoms with E-state index >= 15 is 0 Å². The summed E-state index contributed by atoms with van der Waals surface area (Å²) in [4.78, 5) is 4.12. The van der Waals surface area contributed by atoms with Crippen LogP contribution >= 0.6 is 0 Å². The third kappa shape index (κ3) is 1.76. The molecule has 0 saturated carbocycles. The van der Waals surface area contributed by atoms with Crippen LogP contribution in [0.5, 0.6) is 0 Å². The molecule has 0 radical (unpaired) electrons. The van der Waals surface area contributed by atoms with Gasteiger partial charge in [-0.05, 0) is 30.7 Å². The fourth-order valence-corrected chi connectivity index (χ4v) is 1.54. The van der Waals surface area contributed by atoms with Crippen molar-refractivity contribution in [1.29, 1.82) is 0 Å². The van der Waals surface area contributed by atoms with E-state index in [9.17, 15) is 8.78 Å². The molecule has 2 rings (SSSR count). The Labute approximate surface area is 92.1 Å². The highest BCUT2D eigenvalue weighted by Crippen LogP contribution is 2.27. The van der Waals surface area contributed by atoms with Crippen molar-refractivity contribution in [1.82, 2.24) is 4.98 Å². The number of hydrogen-bond donors (Lipinski definition) is 1. The summed E-state index contributed by atoms with van der Waals surface area (Å²) in [5, 5.41) is 0.817. The number of pyridine rings is 1. The quantitative estimate of drug-likeness (QED) is 0.848. The lowest BCUT2D eigenvalue weighted by Crippen LogP contribution is -2.40. The summed E-state index contributed by atoms with van der Waals surface area (Å²) >= 11 is 0. The van der Waals surface area contributed by atoms with Crippen LogP contribution in [0, 0.1) is 0 Å². The Morgan fingerprint density at radius 3 is 2.75 bits per heavy atom. The average Bonchev–Trinajstić information content (AvgIpc) is 2.28. The minimum atomic E-state index is -2.60. The molecule has 0 bridgehead atoms. The van der Waals surface area contributed by atoms with Crippen LogP contribution in [-0.4, -0.2) is 11.4 Å². The smallest absolute Gasteiger partial charge is 0.260 e. The summed E-state index contributed by atoms with van der Waals surface area (Å²) in [6, 6.07) is 8.56. The number of nitrogens with zero attached hydrogens (tertiary/aromatic N) is 1. The zero-order chi connectivity index (χ0) is 11.8. The molecule has 1 atom stereocenters. The molecule has 0 aliphatic heterocycles. The molecule has 2 N–H and O–H groups in total. The Morgan fingerprint density at radius 1 is 1.31 bits per heavy atom. The maximum Gasteiger partial charge on any atom is 0.260 e. The second-order valence-electron chi connectivity index (χ2n) is 3.99. The Balaban J connectivity index is 2.55. The van der Waals surface area contributed by atoms with Crippen molar-refractivity contribution in [2.45, 2.75) is 18.9 Å². The van der Waals surface area contributed by atoms with Crippen molar-refractivity contribution in [2.75, 3.05) is 0 Å². The Bertz CT molecular complexity index is 509. The van der Waals surface area contributed by atoms with E-state index in [4.69, 9.17) is 5.73 Å². The molecule has 1 aromatic heterocycles.